The predicted octanol–water partition coefficient (Wildman–Crippen LogP) is -0.266. The van der Waals surface area contributed by atoms with Crippen molar-refractivity contribution < 1.29 is 18.9 Å². The summed E-state index contributed by atoms with van der Waals surface area (Å²) in [7, 11) is -1.15. The van der Waals surface area contributed by atoms with Gasteiger partial charge in [0.1, 0.15) is 6.04 Å². The van der Waals surface area contributed by atoms with Crippen LogP contribution in [0.1, 0.15) is 19.8 Å². The fourth-order valence-corrected chi connectivity index (χ4v) is 2.81. The van der Waals surface area contributed by atoms with Crippen LogP contribution in [0.4, 0.5) is 0 Å². The van der Waals surface area contributed by atoms with Crippen molar-refractivity contribution >= 4 is 22.7 Å². The minimum absolute atomic E-state index is 0.00537. The van der Waals surface area contributed by atoms with Gasteiger partial charge in [0.25, 0.3) is 0 Å². The highest BCUT2D eigenvalue weighted by molar-refractivity contribution is 7.85. The van der Waals surface area contributed by atoms with E-state index in [9.17, 15) is 13.8 Å². The van der Waals surface area contributed by atoms with Gasteiger partial charge in [-0.3, -0.25) is 9.00 Å². The maximum Gasteiger partial charge on any atom is 0.327 e. The topological polar surface area (TPSA) is 83.5 Å². The van der Waals surface area contributed by atoms with Crippen molar-refractivity contribution in [3.05, 3.63) is 0 Å². The van der Waals surface area contributed by atoms with Gasteiger partial charge in [0.15, 0.2) is 0 Å². The zero-order valence-electron chi connectivity index (χ0n) is 8.56. The van der Waals surface area contributed by atoms with Crippen molar-refractivity contribution in [3.63, 3.8) is 0 Å². The monoisotopic (exact) mass is 233 g/mol. The van der Waals surface area contributed by atoms with E-state index in [1.807, 2.05) is 0 Å². The zero-order valence-corrected chi connectivity index (χ0v) is 9.38. The minimum atomic E-state index is -1.15. The number of carboxylic acids is 1. The van der Waals surface area contributed by atoms with Crippen LogP contribution in [-0.4, -0.2) is 38.7 Å². The Morgan fingerprint density at radius 1 is 1.53 bits per heavy atom. The Bertz CT molecular complexity index is 288. The Labute approximate surface area is 90.7 Å². The number of hydrogen-bond donors (Lipinski definition) is 2. The summed E-state index contributed by atoms with van der Waals surface area (Å²) in [6, 6.07) is -1.03. The van der Waals surface area contributed by atoms with Gasteiger partial charge in [-0.1, -0.05) is 0 Å². The first-order valence-corrected chi connectivity index (χ1v) is 6.32. The lowest BCUT2D eigenvalue weighted by Gasteiger charge is -2.12. The van der Waals surface area contributed by atoms with E-state index in [0.29, 0.717) is 11.7 Å². The fraction of sp³-hybridized carbons (Fsp3) is 0.778. The van der Waals surface area contributed by atoms with Crippen molar-refractivity contribution in [2.24, 2.45) is 5.92 Å². The molecule has 0 spiro atoms. The lowest BCUT2D eigenvalue weighted by molar-refractivity contribution is -0.140. The van der Waals surface area contributed by atoms with E-state index in [0.717, 1.165) is 12.8 Å². The molecule has 0 aromatic rings. The van der Waals surface area contributed by atoms with Crippen LogP contribution < -0.4 is 5.32 Å². The van der Waals surface area contributed by atoms with Crippen molar-refractivity contribution in [2.75, 3.05) is 11.5 Å². The van der Waals surface area contributed by atoms with E-state index >= 15 is 0 Å². The first kappa shape index (κ1) is 12.2. The fourth-order valence-electron chi connectivity index (χ4n) is 1.22. The molecule has 5 nitrogen and oxygen atoms in total. The predicted molar refractivity (Wildman–Crippen MR) is 55.8 cm³/mol. The summed E-state index contributed by atoms with van der Waals surface area (Å²) in [5, 5.41) is 11.0. The van der Waals surface area contributed by atoms with E-state index in [4.69, 9.17) is 5.11 Å². The summed E-state index contributed by atoms with van der Waals surface area (Å²) in [4.78, 5) is 21.4. The van der Waals surface area contributed by atoms with Gasteiger partial charge in [0, 0.05) is 23.5 Å². The summed E-state index contributed by atoms with van der Waals surface area (Å²) in [5.41, 5.74) is 0. The molecule has 6 heteroatoms. The van der Waals surface area contributed by atoms with E-state index in [-0.39, 0.29) is 5.75 Å². The van der Waals surface area contributed by atoms with Crippen LogP contribution >= 0.6 is 0 Å². The Balaban J connectivity index is 2.38. The second kappa shape index (κ2) is 5.25. The lowest BCUT2D eigenvalue weighted by atomic mass is 10.3. The second-order valence-corrected chi connectivity index (χ2v) is 5.35. The average Bonchev–Trinajstić information content (AvgIpc) is 2.85. The van der Waals surface area contributed by atoms with Crippen LogP contribution in [0, 0.1) is 5.92 Å². The number of carbonyl (C=O) groups is 2. The van der Waals surface area contributed by atoms with E-state index < -0.39 is 28.7 Å². The normalized spacial score (nSPS) is 19.3. The molecule has 2 atom stereocenters. The van der Waals surface area contributed by atoms with Gasteiger partial charge >= 0.3 is 5.97 Å². The Hall–Kier alpha value is -0.910. The molecule has 86 valence electrons. The van der Waals surface area contributed by atoms with Crippen molar-refractivity contribution in [1.29, 1.82) is 0 Å². The van der Waals surface area contributed by atoms with Gasteiger partial charge in [-0.25, -0.2) is 4.79 Å². The zero-order chi connectivity index (χ0) is 11.4. The van der Waals surface area contributed by atoms with Gasteiger partial charge in [-0.2, -0.15) is 0 Å². The van der Waals surface area contributed by atoms with E-state index in [1.54, 1.807) is 0 Å². The Morgan fingerprint density at radius 3 is 2.53 bits per heavy atom. The Kier molecular flexibility index (Phi) is 4.26. The quantitative estimate of drug-likeness (QED) is 0.661. The van der Waals surface area contributed by atoms with Gasteiger partial charge < -0.3 is 10.4 Å². The van der Waals surface area contributed by atoms with Crippen molar-refractivity contribution in [1.82, 2.24) is 5.32 Å². The second-order valence-electron chi connectivity index (χ2n) is 3.81. The molecular formula is C9H15NO4S. The van der Waals surface area contributed by atoms with Crippen molar-refractivity contribution in [3.8, 4) is 0 Å². The van der Waals surface area contributed by atoms with Crippen molar-refractivity contribution in [2.45, 2.75) is 25.8 Å². The summed E-state index contributed by atoms with van der Waals surface area (Å²) in [6.07, 6.45) is 2.17. The summed E-state index contributed by atoms with van der Waals surface area (Å²) >= 11 is 0. The largest absolute Gasteiger partial charge is 0.480 e. The molecule has 0 aromatic heterocycles. The van der Waals surface area contributed by atoms with Gasteiger partial charge in [0.2, 0.25) is 5.91 Å². The van der Waals surface area contributed by atoms with Crippen LogP contribution in [0.15, 0.2) is 0 Å². The molecule has 15 heavy (non-hydrogen) atoms. The molecule has 0 heterocycles. The molecule has 1 unspecified atom stereocenters. The summed E-state index contributed by atoms with van der Waals surface area (Å²) in [6.45, 7) is 1.25. The number of aliphatic carboxylic acids is 1. The van der Waals surface area contributed by atoms with Crippen LogP contribution in [0.5, 0.6) is 0 Å². The maximum atomic E-state index is 11.5. The minimum Gasteiger partial charge on any atom is -0.480 e. The van der Waals surface area contributed by atoms with E-state index in [1.165, 1.54) is 6.92 Å². The molecule has 1 aliphatic rings. The smallest absolute Gasteiger partial charge is 0.327 e. The van der Waals surface area contributed by atoms with Crippen LogP contribution in [0.3, 0.4) is 0 Å². The van der Waals surface area contributed by atoms with E-state index in [2.05, 4.69) is 5.32 Å². The molecule has 1 rings (SSSR count). The number of carboxylic acid groups (broad SMARTS) is 1. The standard InChI is InChI=1S/C9H15NO4S/c1-6(11)10-8(9(12)13)5-15(14)4-7-2-3-7/h7-8H,2-5H2,1H3,(H,10,11)(H,12,13)/t8-,15?/m0/s1. The first-order chi connectivity index (χ1) is 6.99. The molecule has 1 aliphatic carbocycles. The number of nitrogens with one attached hydrogen (secondary N) is 1. The highest BCUT2D eigenvalue weighted by atomic mass is 32.2. The third-order valence-electron chi connectivity index (χ3n) is 2.15. The molecule has 0 aliphatic heterocycles. The summed E-state index contributed by atoms with van der Waals surface area (Å²) < 4.78 is 11.5. The molecule has 0 aromatic carbocycles. The molecule has 0 bridgehead atoms. The van der Waals surface area contributed by atoms with Crippen LogP contribution in [0.25, 0.3) is 0 Å². The molecule has 0 saturated heterocycles. The molecule has 0 radical (unpaired) electrons. The highest BCUT2D eigenvalue weighted by Crippen LogP contribution is 2.29. The number of hydrogen-bond acceptors (Lipinski definition) is 3. The average molecular weight is 233 g/mol. The number of rotatable bonds is 6. The molecule has 1 fully saturated rings. The van der Waals surface area contributed by atoms with Gasteiger partial charge in [-0.05, 0) is 18.8 Å². The third kappa shape index (κ3) is 4.92. The molecular weight excluding hydrogens is 218 g/mol. The lowest BCUT2D eigenvalue weighted by Crippen LogP contribution is -2.43. The molecule has 2 N–H and O–H groups in total. The molecule has 1 amide bonds. The summed E-state index contributed by atoms with van der Waals surface area (Å²) in [5.74, 6) is -0.479. The Morgan fingerprint density at radius 2 is 2.13 bits per heavy atom. The van der Waals surface area contributed by atoms with Crippen LogP contribution in [0.2, 0.25) is 0 Å². The van der Waals surface area contributed by atoms with Gasteiger partial charge in [-0.15, -0.1) is 0 Å². The van der Waals surface area contributed by atoms with Gasteiger partial charge in [0.05, 0.1) is 5.75 Å². The number of amides is 1. The first-order valence-electron chi connectivity index (χ1n) is 4.84. The SMILES string of the molecule is CC(=O)N[C@@H](CS(=O)CC1CC1)C(=O)O. The third-order valence-corrected chi connectivity index (χ3v) is 3.69. The van der Waals surface area contributed by atoms with Crippen LogP contribution in [-0.2, 0) is 20.4 Å². The number of carbonyl (C=O) groups excluding carboxylic acids is 1. The maximum absolute atomic E-state index is 11.5. The molecule has 1 saturated carbocycles. The highest BCUT2D eigenvalue weighted by Gasteiger charge is 2.27.